The number of rotatable bonds is 8. The number of ether oxygens (including phenoxy) is 2. The number of carbonyl (C=O) groups excluding carboxylic acids is 1. The molecule has 1 amide bonds. The van der Waals surface area contributed by atoms with Gasteiger partial charge in [0.2, 0.25) is 0 Å². The van der Waals surface area contributed by atoms with Crippen LogP contribution in [0.15, 0.2) is 71.8 Å². The van der Waals surface area contributed by atoms with Crippen molar-refractivity contribution in [3.8, 4) is 11.5 Å². The second-order valence-corrected chi connectivity index (χ2v) is 7.83. The highest BCUT2D eigenvalue weighted by molar-refractivity contribution is 14.1. The number of carbonyl (C=O) groups is 1. The van der Waals surface area contributed by atoms with E-state index in [4.69, 9.17) is 21.1 Å². The summed E-state index contributed by atoms with van der Waals surface area (Å²) in [6.07, 6.45) is 1.57. The first-order chi connectivity index (χ1) is 14.6. The van der Waals surface area contributed by atoms with Gasteiger partial charge in [0, 0.05) is 8.59 Å². The Morgan fingerprint density at radius 2 is 1.83 bits per heavy atom. The predicted octanol–water partition coefficient (Wildman–Crippen LogP) is 5.69. The molecule has 3 aromatic carbocycles. The van der Waals surface area contributed by atoms with Crippen molar-refractivity contribution < 1.29 is 14.3 Å². The molecule has 30 heavy (non-hydrogen) atoms. The maximum Gasteiger partial charge on any atom is 0.272 e. The van der Waals surface area contributed by atoms with Gasteiger partial charge in [-0.15, -0.1) is 0 Å². The van der Waals surface area contributed by atoms with E-state index in [1.807, 2.05) is 67.6 Å². The van der Waals surface area contributed by atoms with Crippen LogP contribution < -0.4 is 14.9 Å². The number of amides is 1. The molecule has 0 saturated carbocycles. The highest BCUT2D eigenvalue weighted by Gasteiger charge is 2.09. The van der Waals surface area contributed by atoms with Crippen LogP contribution in [0.1, 0.15) is 28.4 Å². The van der Waals surface area contributed by atoms with Crippen LogP contribution in [0.25, 0.3) is 0 Å². The van der Waals surface area contributed by atoms with Crippen molar-refractivity contribution in [1.82, 2.24) is 5.43 Å². The molecule has 3 aromatic rings. The van der Waals surface area contributed by atoms with Gasteiger partial charge in [0.15, 0.2) is 11.5 Å². The third-order valence-corrected chi connectivity index (χ3v) is 5.27. The van der Waals surface area contributed by atoms with Gasteiger partial charge in [-0.25, -0.2) is 5.43 Å². The second kappa shape index (κ2) is 11.0. The van der Waals surface area contributed by atoms with Gasteiger partial charge in [-0.05, 0) is 83.1 Å². The van der Waals surface area contributed by atoms with Gasteiger partial charge in [0.1, 0.15) is 6.61 Å². The van der Waals surface area contributed by atoms with E-state index >= 15 is 0 Å². The van der Waals surface area contributed by atoms with Gasteiger partial charge in [0.25, 0.3) is 5.91 Å². The quantitative estimate of drug-likeness (QED) is 0.230. The van der Waals surface area contributed by atoms with Crippen LogP contribution >= 0.6 is 34.2 Å². The molecule has 0 heterocycles. The zero-order valence-electron chi connectivity index (χ0n) is 16.3. The molecule has 7 heteroatoms. The average Bonchev–Trinajstić information content (AvgIpc) is 2.75. The number of hydrogen-bond acceptors (Lipinski definition) is 4. The van der Waals surface area contributed by atoms with Gasteiger partial charge in [0.05, 0.1) is 18.4 Å². The lowest BCUT2D eigenvalue weighted by molar-refractivity contribution is 0.0954. The number of hydrogen-bond donors (Lipinski definition) is 1. The monoisotopic (exact) mass is 534 g/mol. The summed E-state index contributed by atoms with van der Waals surface area (Å²) in [4.78, 5) is 12.2. The molecule has 0 atom stereocenters. The Morgan fingerprint density at radius 3 is 2.57 bits per heavy atom. The van der Waals surface area contributed by atoms with Crippen LogP contribution in [0.3, 0.4) is 0 Å². The first-order valence-electron chi connectivity index (χ1n) is 9.29. The summed E-state index contributed by atoms with van der Waals surface area (Å²) >= 11 is 8.04. The smallest absolute Gasteiger partial charge is 0.272 e. The highest BCUT2D eigenvalue weighted by Crippen LogP contribution is 2.29. The molecule has 0 unspecified atom stereocenters. The van der Waals surface area contributed by atoms with E-state index in [9.17, 15) is 4.79 Å². The number of benzene rings is 3. The van der Waals surface area contributed by atoms with Crippen molar-refractivity contribution in [1.29, 1.82) is 0 Å². The molecule has 0 aliphatic rings. The molecule has 0 fully saturated rings. The molecule has 0 bridgehead atoms. The summed E-state index contributed by atoms with van der Waals surface area (Å²) in [7, 11) is 0. The molecule has 0 aromatic heterocycles. The molecule has 0 radical (unpaired) electrons. The summed E-state index contributed by atoms with van der Waals surface area (Å²) in [6.45, 7) is 2.81. The SMILES string of the molecule is CCOc1cc(/C=N\NC(=O)c2ccccc2I)ccc1OCc1ccc(Cl)cc1. The standard InChI is InChI=1S/C23H20ClIN2O3/c1-2-29-22-13-17(14-26-27-23(28)19-5-3-4-6-20(19)25)9-12-21(22)30-15-16-7-10-18(24)11-8-16/h3-14H,2,15H2,1H3,(H,27,28)/b26-14-. The van der Waals surface area contributed by atoms with Crippen LogP contribution in [0.2, 0.25) is 5.02 Å². The molecular weight excluding hydrogens is 515 g/mol. The summed E-state index contributed by atoms with van der Waals surface area (Å²) < 4.78 is 12.5. The average molecular weight is 535 g/mol. The van der Waals surface area contributed by atoms with Crippen LogP contribution in [-0.4, -0.2) is 18.7 Å². The lowest BCUT2D eigenvalue weighted by Gasteiger charge is -2.12. The fourth-order valence-corrected chi connectivity index (χ4v) is 3.36. The first-order valence-corrected chi connectivity index (χ1v) is 10.7. The van der Waals surface area contributed by atoms with E-state index in [1.165, 1.54) is 0 Å². The highest BCUT2D eigenvalue weighted by atomic mass is 127. The first kappa shape index (κ1) is 22.1. The summed E-state index contributed by atoms with van der Waals surface area (Å²) in [5.41, 5.74) is 4.91. The topological polar surface area (TPSA) is 59.9 Å². The minimum absolute atomic E-state index is 0.260. The Balaban J connectivity index is 1.66. The minimum Gasteiger partial charge on any atom is -0.490 e. The number of nitrogens with zero attached hydrogens (tertiary/aromatic N) is 1. The van der Waals surface area contributed by atoms with Crippen LogP contribution in [0.5, 0.6) is 11.5 Å². The molecule has 0 aliphatic heterocycles. The zero-order chi connectivity index (χ0) is 21.3. The molecule has 0 aliphatic carbocycles. The van der Waals surface area contributed by atoms with Crippen molar-refractivity contribution in [2.75, 3.05) is 6.61 Å². The summed E-state index contributed by atoms with van der Waals surface area (Å²) in [5.74, 6) is 0.982. The molecule has 5 nitrogen and oxygen atoms in total. The van der Waals surface area contributed by atoms with Crippen LogP contribution in [-0.2, 0) is 6.61 Å². The normalized spacial score (nSPS) is 10.8. The van der Waals surface area contributed by atoms with Crippen molar-refractivity contribution in [2.45, 2.75) is 13.5 Å². The van der Waals surface area contributed by atoms with Crippen molar-refractivity contribution in [3.63, 3.8) is 0 Å². The Morgan fingerprint density at radius 1 is 1.07 bits per heavy atom. The second-order valence-electron chi connectivity index (χ2n) is 6.23. The molecule has 1 N–H and O–H groups in total. The van der Waals surface area contributed by atoms with E-state index in [1.54, 1.807) is 12.3 Å². The van der Waals surface area contributed by atoms with Gasteiger partial charge in [-0.1, -0.05) is 35.9 Å². The van der Waals surface area contributed by atoms with Gasteiger partial charge in [-0.2, -0.15) is 5.10 Å². The lowest BCUT2D eigenvalue weighted by atomic mass is 10.2. The molecule has 154 valence electrons. The lowest BCUT2D eigenvalue weighted by Crippen LogP contribution is -2.18. The fraction of sp³-hybridized carbons (Fsp3) is 0.130. The van der Waals surface area contributed by atoms with Crippen molar-refractivity contribution in [3.05, 3.63) is 92.0 Å². The largest absolute Gasteiger partial charge is 0.490 e. The summed E-state index contributed by atoms with van der Waals surface area (Å²) in [6, 6.07) is 20.3. The number of hydrazone groups is 1. The van der Waals surface area contributed by atoms with Crippen molar-refractivity contribution in [2.24, 2.45) is 5.10 Å². The number of nitrogens with one attached hydrogen (secondary N) is 1. The zero-order valence-corrected chi connectivity index (χ0v) is 19.2. The predicted molar refractivity (Wildman–Crippen MR) is 128 cm³/mol. The Labute approximate surface area is 194 Å². The van der Waals surface area contributed by atoms with Crippen LogP contribution in [0.4, 0.5) is 0 Å². The molecular formula is C23H20ClIN2O3. The van der Waals surface area contributed by atoms with E-state index < -0.39 is 0 Å². The Bertz CT molecular complexity index is 1040. The Kier molecular flexibility index (Phi) is 8.10. The van der Waals surface area contributed by atoms with Gasteiger partial charge in [-0.3, -0.25) is 4.79 Å². The van der Waals surface area contributed by atoms with E-state index in [-0.39, 0.29) is 5.91 Å². The van der Waals surface area contributed by atoms with E-state index in [0.717, 1.165) is 14.7 Å². The molecule has 3 rings (SSSR count). The van der Waals surface area contributed by atoms with Crippen LogP contribution in [0, 0.1) is 3.57 Å². The maximum absolute atomic E-state index is 12.2. The van der Waals surface area contributed by atoms with Gasteiger partial charge < -0.3 is 9.47 Å². The van der Waals surface area contributed by atoms with E-state index in [0.29, 0.717) is 35.3 Å². The molecule has 0 spiro atoms. The number of halogens is 2. The third-order valence-electron chi connectivity index (χ3n) is 4.07. The summed E-state index contributed by atoms with van der Waals surface area (Å²) in [5, 5.41) is 4.74. The Hall–Kier alpha value is -2.58. The fourth-order valence-electron chi connectivity index (χ4n) is 2.61. The maximum atomic E-state index is 12.2. The van der Waals surface area contributed by atoms with Crippen molar-refractivity contribution >= 4 is 46.3 Å². The van der Waals surface area contributed by atoms with Gasteiger partial charge >= 0.3 is 0 Å². The minimum atomic E-state index is -0.260. The third kappa shape index (κ3) is 6.21. The van der Waals surface area contributed by atoms with E-state index in [2.05, 4.69) is 33.1 Å². The molecule has 0 saturated heterocycles.